The van der Waals surface area contributed by atoms with Crippen LogP contribution in [0.15, 0.2) is 12.2 Å². The van der Waals surface area contributed by atoms with Gasteiger partial charge in [-0.3, -0.25) is 4.90 Å². The van der Waals surface area contributed by atoms with Gasteiger partial charge in [-0.2, -0.15) is 0 Å². The zero-order chi connectivity index (χ0) is 17.9. The van der Waals surface area contributed by atoms with Gasteiger partial charge >= 0.3 is 0 Å². The number of likely N-dealkylation sites (tertiary alicyclic amines) is 1. The summed E-state index contributed by atoms with van der Waals surface area (Å²) >= 11 is 0. The highest BCUT2D eigenvalue weighted by Crippen LogP contribution is 2.78. The molecule has 8 rings (SSSR count). The number of aliphatic hydroxyl groups is 2. The van der Waals surface area contributed by atoms with Gasteiger partial charge in [-0.15, -0.1) is 0 Å². The van der Waals surface area contributed by atoms with E-state index in [9.17, 15) is 10.2 Å². The van der Waals surface area contributed by atoms with Gasteiger partial charge in [0.1, 0.15) is 6.23 Å². The fourth-order valence-electron chi connectivity index (χ4n) is 9.30. The Balaban J connectivity index is 1.53. The van der Waals surface area contributed by atoms with Gasteiger partial charge in [0.15, 0.2) is 0 Å². The molecule has 2 N–H and O–H groups in total. The predicted octanol–water partition coefficient (Wildman–Crippen LogP) is 2.55. The van der Waals surface area contributed by atoms with Crippen LogP contribution in [0, 0.1) is 34.0 Å². The van der Waals surface area contributed by atoms with Crippen molar-refractivity contribution in [2.45, 2.75) is 70.3 Å². The summed E-state index contributed by atoms with van der Waals surface area (Å²) in [6.45, 7) is 8.80. The number of hydrogen-bond acceptors (Lipinski definition) is 4. The van der Waals surface area contributed by atoms with Crippen LogP contribution in [-0.4, -0.2) is 53.2 Å². The van der Waals surface area contributed by atoms with Crippen LogP contribution in [0.3, 0.4) is 0 Å². The molecule has 0 aromatic heterocycles. The number of ether oxygens (including phenoxy) is 1. The van der Waals surface area contributed by atoms with E-state index in [0.29, 0.717) is 17.3 Å². The van der Waals surface area contributed by atoms with Crippen molar-refractivity contribution < 1.29 is 14.9 Å². The average molecular weight is 360 g/mol. The molecule has 3 heterocycles. The van der Waals surface area contributed by atoms with Crippen LogP contribution in [0.5, 0.6) is 0 Å². The Labute approximate surface area is 156 Å². The summed E-state index contributed by atoms with van der Waals surface area (Å²) in [4.78, 5) is 2.47. The first-order valence-electron chi connectivity index (χ1n) is 10.8. The number of hydrogen-bond donors (Lipinski definition) is 2. The summed E-state index contributed by atoms with van der Waals surface area (Å²) in [5.41, 5.74) is 1.53. The molecule has 2 spiro atoms. The second-order valence-electron chi connectivity index (χ2n) is 10.7. The van der Waals surface area contributed by atoms with E-state index >= 15 is 0 Å². The number of aliphatic hydroxyl groups excluding tert-OH is 2. The van der Waals surface area contributed by atoms with Gasteiger partial charge in [0.05, 0.1) is 18.8 Å². The van der Waals surface area contributed by atoms with Crippen LogP contribution < -0.4 is 0 Å². The largest absolute Gasteiger partial charge is 0.395 e. The summed E-state index contributed by atoms with van der Waals surface area (Å²) in [7, 11) is 0. The summed E-state index contributed by atoms with van der Waals surface area (Å²) < 4.78 is 6.86. The van der Waals surface area contributed by atoms with Crippen molar-refractivity contribution in [3.05, 3.63) is 12.2 Å². The van der Waals surface area contributed by atoms with Crippen molar-refractivity contribution in [3.63, 3.8) is 0 Å². The zero-order valence-corrected chi connectivity index (χ0v) is 16.0. The first-order valence-corrected chi connectivity index (χ1v) is 10.8. The van der Waals surface area contributed by atoms with Crippen LogP contribution in [-0.2, 0) is 4.74 Å². The highest BCUT2D eigenvalue weighted by Gasteiger charge is 2.78. The van der Waals surface area contributed by atoms with Crippen molar-refractivity contribution in [2.75, 3.05) is 19.7 Å². The maximum Gasteiger partial charge on any atom is 0.117 e. The van der Waals surface area contributed by atoms with E-state index in [4.69, 9.17) is 4.74 Å². The fraction of sp³-hybridized carbons (Fsp3) is 0.909. The third kappa shape index (κ3) is 1.57. The topological polar surface area (TPSA) is 52.9 Å². The minimum absolute atomic E-state index is 0.0840. The van der Waals surface area contributed by atoms with E-state index in [2.05, 4.69) is 18.4 Å². The molecular formula is C22H33NO3. The molecule has 3 aliphatic heterocycles. The van der Waals surface area contributed by atoms with Crippen LogP contribution in [0.1, 0.15) is 51.9 Å². The van der Waals surface area contributed by atoms with Gasteiger partial charge in [-0.05, 0) is 67.3 Å². The number of β-amino-alcohol motifs (C(OH)–C–C–N with tert-alkyl or cyclic N) is 1. The van der Waals surface area contributed by atoms with Gasteiger partial charge in [-0.1, -0.05) is 19.9 Å². The Morgan fingerprint density at radius 2 is 2.04 bits per heavy atom. The average Bonchev–Trinajstić information content (AvgIpc) is 2.63. The summed E-state index contributed by atoms with van der Waals surface area (Å²) in [5, 5.41) is 21.0. The van der Waals surface area contributed by atoms with Crippen molar-refractivity contribution in [1.29, 1.82) is 0 Å². The van der Waals surface area contributed by atoms with Crippen molar-refractivity contribution in [2.24, 2.45) is 34.0 Å². The van der Waals surface area contributed by atoms with Crippen LogP contribution in [0.25, 0.3) is 0 Å². The molecule has 144 valence electrons. The Bertz CT molecular complexity index is 666. The molecule has 5 aliphatic carbocycles. The molecule has 26 heavy (non-hydrogen) atoms. The Hall–Kier alpha value is -0.420. The molecule has 0 aromatic rings. The third-order valence-electron chi connectivity index (χ3n) is 10.1. The monoisotopic (exact) mass is 359 g/mol. The molecule has 9 atom stereocenters. The minimum atomic E-state index is -0.373. The van der Waals surface area contributed by atoms with E-state index in [1.165, 1.54) is 32.1 Å². The summed E-state index contributed by atoms with van der Waals surface area (Å²) in [5.74, 6) is 1.79. The van der Waals surface area contributed by atoms with E-state index in [1.54, 1.807) is 0 Å². The maximum atomic E-state index is 11.3. The van der Waals surface area contributed by atoms with E-state index in [-0.39, 0.29) is 35.9 Å². The highest BCUT2D eigenvalue weighted by atomic mass is 16.5. The lowest BCUT2D eigenvalue weighted by Crippen LogP contribution is -2.82. The van der Waals surface area contributed by atoms with Crippen LogP contribution >= 0.6 is 0 Å². The summed E-state index contributed by atoms with van der Waals surface area (Å²) in [6.07, 6.45) is 8.43. The Morgan fingerprint density at radius 1 is 1.19 bits per heavy atom. The summed E-state index contributed by atoms with van der Waals surface area (Å²) in [6, 6.07) is 0. The normalized spacial score (nSPS) is 60.2. The van der Waals surface area contributed by atoms with Crippen molar-refractivity contribution in [3.8, 4) is 0 Å². The zero-order valence-electron chi connectivity index (χ0n) is 16.0. The van der Waals surface area contributed by atoms with Gasteiger partial charge in [0.25, 0.3) is 0 Å². The van der Waals surface area contributed by atoms with Crippen molar-refractivity contribution in [1.82, 2.24) is 4.90 Å². The smallest absolute Gasteiger partial charge is 0.117 e. The number of rotatable bonds is 2. The van der Waals surface area contributed by atoms with E-state index in [0.717, 1.165) is 37.4 Å². The highest BCUT2D eigenvalue weighted by molar-refractivity contribution is 5.32. The fourth-order valence-corrected chi connectivity index (χ4v) is 9.30. The van der Waals surface area contributed by atoms with E-state index in [1.807, 2.05) is 0 Å². The lowest BCUT2D eigenvalue weighted by Gasteiger charge is -2.79. The molecule has 8 aliphatic rings. The molecular weight excluding hydrogens is 326 g/mol. The standard InChI is InChI=1S/C22H33NO3/c1-13-14-4-7-22(18(13)25)16(10-14)21-6-3-5-20(2)12-23(8-9-24)19(21)26-17(22)11-15(20)21/h14-19,24-25H,1,3-12H2,2H3/t14-,15+,16-,17-,18-,19-,20-,21?,22+/m0/s1. The molecule has 5 saturated carbocycles. The van der Waals surface area contributed by atoms with Crippen LogP contribution in [0.2, 0.25) is 0 Å². The minimum Gasteiger partial charge on any atom is -0.395 e. The molecule has 0 amide bonds. The first kappa shape index (κ1) is 16.5. The maximum absolute atomic E-state index is 11.3. The van der Waals surface area contributed by atoms with E-state index < -0.39 is 0 Å². The third-order valence-corrected chi connectivity index (χ3v) is 10.1. The lowest BCUT2D eigenvalue weighted by molar-refractivity contribution is -0.405. The molecule has 0 aromatic carbocycles. The quantitative estimate of drug-likeness (QED) is 0.744. The number of nitrogens with zero attached hydrogens (tertiary/aromatic N) is 1. The molecule has 7 bridgehead atoms. The van der Waals surface area contributed by atoms with Gasteiger partial charge in [0, 0.05) is 23.9 Å². The SMILES string of the molecule is C=C1[C@H]2CC[C@@]3([C@@H]4C[C@H]5C6(CCC[C@@]5(C)CN(CCO)[C@H]6O4)[C@@H]3C2)[C@H]1O. The second-order valence-corrected chi connectivity index (χ2v) is 10.7. The van der Waals surface area contributed by atoms with Crippen molar-refractivity contribution >= 4 is 0 Å². The lowest BCUT2D eigenvalue weighted by atomic mass is 9.32. The number of fused-ring (bicyclic) bond motifs is 2. The molecule has 4 nitrogen and oxygen atoms in total. The molecule has 4 heteroatoms. The number of piperidine rings is 1. The second kappa shape index (κ2) is 4.94. The molecule has 0 radical (unpaired) electrons. The Kier molecular flexibility index (Phi) is 3.14. The van der Waals surface area contributed by atoms with Crippen LogP contribution in [0.4, 0.5) is 0 Å². The first-order chi connectivity index (χ1) is 12.5. The predicted molar refractivity (Wildman–Crippen MR) is 98.2 cm³/mol. The molecule has 8 fully saturated rings. The molecule has 1 unspecified atom stereocenters. The molecule has 3 saturated heterocycles. The van der Waals surface area contributed by atoms with Gasteiger partial charge in [-0.25, -0.2) is 0 Å². The van der Waals surface area contributed by atoms with Gasteiger partial charge < -0.3 is 14.9 Å². The van der Waals surface area contributed by atoms with Gasteiger partial charge in [0.2, 0.25) is 0 Å². The Morgan fingerprint density at radius 3 is 2.85 bits per heavy atom.